The molecule has 90 valence electrons. The van der Waals surface area contributed by atoms with Gasteiger partial charge < -0.3 is 0 Å². The first-order valence-electron chi connectivity index (χ1n) is 6.18. The summed E-state index contributed by atoms with van der Waals surface area (Å²) < 4.78 is 0. The number of nitrogens with zero attached hydrogens (tertiary/aromatic N) is 1. The monoisotopic (exact) mass is 229 g/mol. The molecule has 0 bridgehead atoms. The van der Waals surface area contributed by atoms with E-state index in [1.807, 2.05) is 31.2 Å². The third-order valence-corrected chi connectivity index (χ3v) is 2.89. The SMILES string of the molecule is CCCCCC(=O)C(C#N)c1ccc(C)cc1. The predicted octanol–water partition coefficient (Wildman–Crippen LogP) is 3.75. The van der Waals surface area contributed by atoms with E-state index in [9.17, 15) is 4.79 Å². The van der Waals surface area contributed by atoms with Gasteiger partial charge in [-0.2, -0.15) is 5.26 Å². The van der Waals surface area contributed by atoms with Crippen LogP contribution in [0.4, 0.5) is 0 Å². The molecular weight excluding hydrogens is 210 g/mol. The van der Waals surface area contributed by atoms with E-state index in [-0.39, 0.29) is 5.78 Å². The first kappa shape index (κ1) is 13.4. The van der Waals surface area contributed by atoms with Crippen LogP contribution in [0.2, 0.25) is 0 Å². The molecule has 0 spiro atoms. The van der Waals surface area contributed by atoms with Crippen LogP contribution in [0.3, 0.4) is 0 Å². The van der Waals surface area contributed by atoms with E-state index in [4.69, 9.17) is 5.26 Å². The zero-order valence-corrected chi connectivity index (χ0v) is 10.6. The van der Waals surface area contributed by atoms with Crippen LogP contribution in [0, 0.1) is 18.3 Å². The van der Waals surface area contributed by atoms with E-state index < -0.39 is 5.92 Å². The highest BCUT2D eigenvalue weighted by atomic mass is 16.1. The van der Waals surface area contributed by atoms with Crippen LogP contribution in [0.5, 0.6) is 0 Å². The predicted molar refractivity (Wildman–Crippen MR) is 68.7 cm³/mol. The third kappa shape index (κ3) is 4.03. The standard InChI is InChI=1S/C15H19NO/c1-3-4-5-6-15(17)14(11-16)13-9-7-12(2)8-10-13/h7-10,14H,3-6H2,1-2H3. The number of rotatable bonds is 6. The van der Waals surface area contributed by atoms with Crippen molar-refractivity contribution in [2.45, 2.75) is 45.4 Å². The molecule has 0 aliphatic rings. The Labute approximate surface area is 103 Å². The minimum Gasteiger partial charge on any atom is -0.298 e. The minimum atomic E-state index is -0.590. The van der Waals surface area contributed by atoms with Gasteiger partial charge in [-0.1, -0.05) is 49.6 Å². The molecule has 0 saturated carbocycles. The van der Waals surface area contributed by atoms with Gasteiger partial charge in [-0.05, 0) is 18.9 Å². The number of nitriles is 1. The molecule has 0 fully saturated rings. The summed E-state index contributed by atoms with van der Waals surface area (Å²) in [6.45, 7) is 4.10. The Hall–Kier alpha value is -1.62. The maximum absolute atomic E-state index is 11.9. The Kier molecular flexibility index (Phi) is 5.42. The number of carbonyl (C=O) groups is 1. The van der Waals surface area contributed by atoms with E-state index in [2.05, 4.69) is 13.0 Å². The number of aryl methyl sites for hydroxylation is 1. The van der Waals surface area contributed by atoms with Crippen molar-refractivity contribution in [1.82, 2.24) is 0 Å². The molecule has 0 aliphatic heterocycles. The molecule has 0 aromatic heterocycles. The summed E-state index contributed by atoms with van der Waals surface area (Å²) in [5.41, 5.74) is 1.96. The average molecular weight is 229 g/mol. The maximum atomic E-state index is 11.9. The molecule has 2 nitrogen and oxygen atoms in total. The van der Waals surface area contributed by atoms with E-state index in [1.165, 1.54) is 0 Å². The zero-order valence-electron chi connectivity index (χ0n) is 10.6. The molecular formula is C15H19NO. The summed E-state index contributed by atoms with van der Waals surface area (Å²) in [5.74, 6) is -0.544. The normalized spacial score (nSPS) is 11.8. The van der Waals surface area contributed by atoms with Crippen molar-refractivity contribution in [1.29, 1.82) is 5.26 Å². The highest BCUT2D eigenvalue weighted by Gasteiger charge is 2.18. The lowest BCUT2D eigenvalue weighted by Crippen LogP contribution is -2.10. The molecule has 0 N–H and O–H groups in total. The molecule has 1 aromatic rings. The summed E-state index contributed by atoms with van der Waals surface area (Å²) in [7, 11) is 0. The number of ketones is 1. The first-order valence-corrected chi connectivity index (χ1v) is 6.18. The van der Waals surface area contributed by atoms with Crippen LogP contribution in [0.1, 0.15) is 49.7 Å². The number of benzene rings is 1. The molecule has 1 atom stereocenters. The average Bonchev–Trinajstić information content (AvgIpc) is 2.33. The topological polar surface area (TPSA) is 40.9 Å². The third-order valence-electron chi connectivity index (χ3n) is 2.89. The van der Waals surface area contributed by atoms with Gasteiger partial charge in [0.1, 0.15) is 5.92 Å². The van der Waals surface area contributed by atoms with Crippen molar-refractivity contribution in [2.24, 2.45) is 0 Å². The van der Waals surface area contributed by atoms with Crippen molar-refractivity contribution in [3.63, 3.8) is 0 Å². The second-order valence-corrected chi connectivity index (χ2v) is 4.40. The number of hydrogen-bond acceptors (Lipinski definition) is 2. The van der Waals surface area contributed by atoms with Gasteiger partial charge in [0.15, 0.2) is 5.78 Å². The Balaban J connectivity index is 2.68. The zero-order chi connectivity index (χ0) is 12.7. The van der Waals surface area contributed by atoms with Gasteiger partial charge in [0.25, 0.3) is 0 Å². The molecule has 0 heterocycles. The lowest BCUT2D eigenvalue weighted by atomic mass is 9.92. The molecule has 0 aliphatic carbocycles. The Morgan fingerprint density at radius 1 is 1.29 bits per heavy atom. The number of Topliss-reactive ketones (excluding diaryl/α,β-unsaturated/α-hetero) is 1. The van der Waals surface area contributed by atoms with Crippen molar-refractivity contribution in [3.05, 3.63) is 35.4 Å². The maximum Gasteiger partial charge on any atom is 0.154 e. The van der Waals surface area contributed by atoms with Crippen molar-refractivity contribution in [2.75, 3.05) is 0 Å². The number of hydrogen-bond donors (Lipinski definition) is 0. The van der Waals surface area contributed by atoms with Crippen LogP contribution < -0.4 is 0 Å². The Bertz CT molecular complexity index is 400. The second kappa shape index (κ2) is 6.85. The quantitative estimate of drug-likeness (QED) is 0.697. The van der Waals surface area contributed by atoms with Crippen molar-refractivity contribution in [3.8, 4) is 6.07 Å². The molecule has 0 saturated heterocycles. The largest absolute Gasteiger partial charge is 0.298 e. The van der Waals surface area contributed by atoms with Gasteiger partial charge in [0, 0.05) is 6.42 Å². The van der Waals surface area contributed by atoms with Crippen LogP contribution in [-0.2, 0) is 4.79 Å². The molecule has 17 heavy (non-hydrogen) atoms. The van der Waals surface area contributed by atoms with E-state index in [0.29, 0.717) is 6.42 Å². The van der Waals surface area contributed by atoms with Crippen molar-refractivity contribution < 1.29 is 4.79 Å². The van der Waals surface area contributed by atoms with Gasteiger partial charge >= 0.3 is 0 Å². The fraction of sp³-hybridized carbons (Fsp3) is 0.467. The van der Waals surface area contributed by atoms with Gasteiger partial charge in [0.05, 0.1) is 6.07 Å². The van der Waals surface area contributed by atoms with Crippen LogP contribution >= 0.6 is 0 Å². The minimum absolute atomic E-state index is 0.0461. The fourth-order valence-electron chi connectivity index (χ4n) is 1.78. The van der Waals surface area contributed by atoms with Gasteiger partial charge in [-0.25, -0.2) is 0 Å². The smallest absolute Gasteiger partial charge is 0.154 e. The lowest BCUT2D eigenvalue weighted by molar-refractivity contribution is -0.119. The van der Waals surface area contributed by atoms with E-state index in [0.717, 1.165) is 30.4 Å². The summed E-state index contributed by atoms with van der Waals surface area (Å²) in [4.78, 5) is 11.9. The molecule has 1 unspecified atom stereocenters. The van der Waals surface area contributed by atoms with Gasteiger partial charge in [-0.15, -0.1) is 0 Å². The molecule has 2 heteroatoms. The Morgan fingerprint density at radius 3 is 2.47 bits per heavy atom. The molecule has 1 aromatic carbocycles. The van der Waals surface area contributed by atoms with E-state index in [1.54, 1.807) is 0 Å². The van der Waals surface area contributed by atoms with Crippen LogP contribution in [0.15, 0.2) is 24.3 Å². The molecule has 0 radical (unpaired) electrons. The summed E-state index contributed by atoms with van der Waals surface area (Å²) >= 11 is 0. The van der Waals surface area contributed by atoms with Crippen molar-refractivity contribution >= 4 is 5.78 Å². The fourth-order valence-corrected chi connectivity index (χ4v) is 1.78. The highest BCUT2D eigenvalue weighted by molar-refractivity contribution is 5.88. The first-order chi connectivity index (χ1) is 8.19. The highest BCUT2D eigenvalue weighted by Crippen LogP contribution is 2.19. The number of carbonyl (C=O) groups excluding carboxylic acids is 1. The molecule has 0 amide bonds. The second-order valence-electron chi connectivity index (χ2n) is 4.40. The van der Waals surface area contributed by atoms with E-state index >= 15 is 0 Å². The van der Waals surface area contributed by atoms with Gasteiger partial charge in [0.2, 0.25) is 0 Å². The summed E-state index contributed by atoms with van der Waals surface area (Å²) in [6, 6.07) is 9.75. The number of unbranched alkanes of at least 4 members (excludes halogenated alkanes) is 2. The van der Waals surface area contributed by atoms with Gasteiger partial charge in [-0.3, -0.25) is 4.79 Å². The molecule has 1 rings (SSSR count). The lowest BCUT2D eigenvalue weighted by Gasteiger charge is -2.08. The summed E-state index contributed by atoms with van der Waals surface area (Å²) in [5, 5.41) is 9.10. The van der Waals surface area contributed by atoms with Crippen LogP contribution in [0.25, 0.3) is 0 Å². The van der Waals surface area contributed by atoms with Crippen LogP contribution in [-0.4, -0.2) is 5.78 Å². The summed E-state index contributed by atoms with van der Waals surface area (Å²) in [6.07, 6.45) is 3.55. The Morgan fingerprint density at radius 2 is 1.94 bits per heavy atom.